The fourth-order valence-electron chi connectivity index (χ4n) is 3.23. The summed E-state index contributed by atoms with van der Waals surface area (Å²) >= 11 is 0. The maximum Gasteiger partial charge on any atom is 0.226 e. The average molecular weight is 372 g/mol. The van der Waals surface area contributed by atoms with Gasteiger partial charge in [-0.1, -0.05) is 18.6 Å². The van der Waals surface area contributed by atoms with E-state index in [0.717, 1.165) is 37.1 Å². The number of hydrogen-bond acceptors (Lipinski definition) is 6. The van der Waals surface area contributed by atoms with Gasteiger partial charge >= 0.3 is 0 Å². The molecule has 0 amide bonds. The Labute approximate surface area is 159 Å². The fraction of sp³-hybridized carbons (Fsp3) is 0.476. The summed E-state index contributed by atoms with van der Waals surface area (Å²) in [6, 6.07) is 9.32. The number of ether oxygens (including phenoxy) is 1. The molecule has 1 aliphatic heterocycles. The number of rotatable bonds is 9. The van der Waals surface area contributed by atoms with E-state index in [-0.39, 0.29) is 5.75 Å². The Morgan fingerprint density at radius 1 is 1.11 bits per heavy atom. The van der Waals surface area contributed by atoms with Crippen molar-refractivity contribution < 1.29 is 14.3 Å². The zero-order valence-corrected chi connectivity index (χ0v) is 15.7. The number of nitrogens with one attached hydrogen (secondary N) is 1. The molecule has 0 bridgehead atoms. The topological polar surface area (TPSA) is 74.9 Å². The van der Waals surface area contributed by atoms with Crippen LogP contribution in [0.1, 0.15) is 37.0 Å². The molecule has 146 valence electrons. The molecule has 6 nitrogen and oxygen atoms in total. The first-order valence-electron chi connectivity index (χ1n) is 9.66. The van der Waals surface area contributed by atoms with Crippen molar-refractivity contribution >= 4 is 0 Å². The van der Waals surface area contributed by atoms with E-state index < -0.39 is 5.43 Å². The van der Waals surface area contributed by atoms with Gasteiger partial charge in [-0.05, 0) is 50.0 Å². The molecule has 0 aliphatic carbocycles. The quantitative estimate of drug-likeness (QED) is 0.660. The maximum absolute atomic E-state index is 11.4. The van der Waals surface area contributed by atoms with Crippen LogP contribution in [0.4, 0.5) is 0 Å². The van der Waals surface area contributed by atoms with Gasteiger partial charge < -0.3 is 24.5 Å². The molecule has 1 aromatic carbocycles. The van der Waals surface area contributed by atoms with Crippen LogP contribution in [0.3, 0.4) is 0 Å². The number of hydrogen-bond donors (Lipinski definition) is 2. The summed E-state index contributed by atoms with van der Waals surface area (Å²) in [5.74, 6) is 1.01. The molecule has 3 rings (SSSR count). The second-order valence-electron chi connectivity index (χ2n) is 6.95. The van der Waals surface area contributed by atoms with Crippen LogP contribution >= 0.6 is 0 Å². The molecular weight excluding hydrogens is 344 g/mol. The number of piperidine rings is 1. The Morgan fingerprint density at radius 2 is 1.89 bits per heavy atom. The molecular formula is C21H28N2O4. The normalized spacial score (nSPS) is 15.0. The van der Waals surface area contributed by atoms with Crippen LogP contribution < -0.4 is 15.5 Å². The molecule has 1 saturated heterocycles. The monoisotopic (exact) mass is 372 g/mol. The van der Waals surface area contributed by atoms with Crippen LogP contribution in [0, 0.1) is 0 Å². The molecule has 6 heteroatoms. The molecule has 2 aromatic rings. The van der Waals surface area contributed by atoms with Gasteiger partial charge in [0, 0.05) is 19.2 Å². The summed E-state index contributed by atoms with van der Waals surface area (Å²) in [6.45, 7) is 5.40. The molecule has 1 aliphatic rings. The van der Waals surface area contributed by atoms with E-state index in [1.165, 1.54) is 38.4 Å². The van der Waals surface area contributed by atoms with Gasteiger partial charge in [-0.15, -0.1) is 0 Å². The zero-order chi connectivity index (χ0) is 18.9. The van der Waals surface area contributed by atoms with Crippen molar-refractivity contribution in [3.8, 4) is 11.5 Å². The number of aromatic hydroxyl groups is 1. The summed E-state index contributed by atoms with van der Waals surface area (Å²) in [5.41, 5.74) is 0.691. The van der Waals surface area contributed by atoms with Crippen LogP contribution in [-0.4, -0.2) is 36.2 Å². The number of nitrogens with zero attached hydrogens (tertiary/aromatic N) is 1. The van der Waals surface area contributed by atoms with E-state index in [2.05, 4.69) is 10.2 Å². The molecule has 0 unspecified atom stereocenters. The molecule has 2 N–H and O–H groups in total. The summed E-state index contributed by atoms with van der Waals surface area (Å²) in [5, 5.41) is 12.4. The van der Waals surface area contributed by atoms with Gasteiger partial charge in [-0.25, -0.2) is 0 Å². The van der Waals surface area contributed by atoms with Crippen LogP contribution in [-0.2, 0) is 13.1 Å². The van der Waals surface area contributed by atoms with Crippen molar-refractivity contribution in [1.29, 1.82) is 0 Å². The smallest absolute Gasteiger partial charge is 0.226 e. The highest BCUT2D eigenvalue weighted by Gasteiger charge is 2.09. The van der Waals surface area contributed by atoms with Gasteiger partial charge in [0.1, 0.15) is 17.8 Å². The standard InChI is InChI=1S/C21H28N2O4/c24-20-13-19(27-16-21(20)25)15-22-14-17-5-7-18(8-6-17)26-12-4-11-23-9-2-1-3-10-23/h5-8,13,16,22,25H,1-4,9-12,14-15H2. The Bertz CT molecular complexity index is 752. The lowest BCUT2D eigenvalue weighted by Crippen LogP contribution is -2.31. The van der Waals surface area contributed by atoms with Crippen molar-refractivity contribution in [2.24, 2.45) is 0 Å². The summed E-state index contributed by atoms with van der Waals surface area (Å²) in [4.78, 5) is 13.9. The largest absolute Gasteiger partial charge is 0.502 e. The van der Waals surface area contributed by atoms with Crippen LogP contribution in [0.15, 0.2) is 45.8 Å². The van der Waals surface area contributed by atoms with Gasteiger partial charge in [0.05, 0.1) is 13.2 Å². The van der Waals surface area contributed by atoms with Crippen molar-refractivity contribution in [2.45, 2.75) is 38.8 Å². The van der Waals surface area contributed by atoms with E-state index in [4.69, 9.17) is 9.15 Å². The number of benzene rings is 1. The Hall–Kier alpha value is -2.31. The van der Waals surface area contributed by atoms with Gasteiger partial charge in [-0.2, -0.15) is 0 Å². The third-order valence-electron chi connectivity index (χ3n) is 4.75. The lowest BCUT2D eigenvalue weighted by atomic mass is 10.1. The summed E-state index contributed by atoms with van der Waals surface area (Å²) in [7, 11) is 0. The molecule has 0 atom stereocenters. The molecule has 2 heterocycles. The number of likely N-dealkylation sites (tertiary alicyclic amines) is 1. The minimum Gasteiger partial charge on any atom is -0.502 e. The van der Waals surface area contributed by atoms with Gasteiger partial charge in [0.2, 0.25) is 5.43 Å². The van der Waals surface area contributed by atoms with Crippen LogP contribution in [0.5, 0.6) is 11.5 Å². The van der Waals surface area contributed by atoms with E-state index in [9.17, 15) is 9.90 Å². The van der Waals surface area contributed by atoms with Gasteiger partial charge in [0.25, 0.3) is 0 Å². The molecule has 27 heavy (non-hydrogen) atoms. The summed E-state index contributed by atoms with van der Waals surface area (Å²) < 4.78 is 11.0. The molecule has 0 spiro atoms. The first-order valence-corrected chi connectivity index (χ1v) is 9.66. The second kappa shape index (κ2) is 10.1. The Balaban J connectivity index is 1.34. The van der Waals surface area contributed by atoms with Crippen molar-refractivity contribution in [2.75, 3.05) is 26.2 Å². The Kier molecular flexibility index (Phi) is 7.30. The predicted molar refractivity (Wildman–Crippen MR) is 104 cm³/mol. The van der Waals surface area contributed by atoms with Crippen molar-refractivity contribution in [1.82, 2.24) is 10.2 Å². The lowest BCUT2D eigenvalue weighted by Gasteiger charge is -2.26. The molecule has 0 radical (unpaired) electrons. The van der Waals surface area contributed by atoms with Crippen molar-refractivity contribution in [3.63, 3.8) is 0 Å². The van der Waals surface area contributed by atoms with E-state index >= 15 is 0 Å². The second-order valence-corrected chi connectivity index (χ2v) is 6.95. The van der Waals surface area contributed by atoms with E-state index in [0.29, 0.717) is 18.8 Å². The first-order chi connectivity index (χ1) is 13.2. The van der Waals surface area contributed by atoms with E-state index in [1.54, 1.807) is 0 Å². The highest BCUT2D eigenvalue weighted by Crippen LogP contribution is 2.13. The van der Waals surface area contributed by atoms with Gasteiger partial charge in [-0.3, -0.25) is 4.79 Å². The van der Waals surface area contributed by atoms with Gasteiger partial charge in [0.15, 0.2) is 5.75 Å². The van der Waals surface area contributed by atoms with Crippen LogP contribution in [0.25, 0.3) is 0 Å². The Morgan fingerprint density at radius 3 is 2.63 bits per heavy atom. The van der Waals surface area contributed by atoms with E-state index in [1.807, 2.05) is 24.3 Å². The summed E-state index contributed by atoms with van der Waals surface area (Å²) in [6.07, 6.45) is 6.15. The highest BCUT2D eigenvalue weighted by atomic mass is 16.5. The average Bonchev–Trinajstić information content (AvgIpc) is 2.70. The molecule has 0 saturated carbocycles. The minimum absolute atomic E-state index is 0.370. The third kappa shape index (κ3) is 6.41. The zero-order valence-electron chi connectivity index (χ0n) is 15.7. The fourth-order valence-corrected chi connectivity index (χ4v) is 3.23. The molecule has 1 aromatic heterocycles. The molecule has 1 fully saturated rings. The maximum atomic E-state index is 11.4. The third-order valence-corrected chi connectivity index (χ3v) is 4.75. The van der Waals surface area contributed by atoms with Crippen LogP contribution in [0.2, 0.25) is 0 Å². The SMILES string of the molecule is O=c1cc(CNCc2ccc(OCCCN3CCCCC3)cc2)occ1O. The lowest BCUT2D eigenvalue weighted by molar-refractivity contribution is 0.205. The highest BCUT2D eigenvalue weighted by molar-refractivity contribution is 5.27. The van der Waals surface area contributed by atoms with Crippen molar-refractivity contribution in [3.05, 3.63) is 58.1 Å². The first kappa shape index (κ1) is 19.5. The predicted octanol–water partition coefficient (Wildman–Crippen LogP) is 2.89. The minimum atomic E-state index is -0.431.